The van der Waals surface area contributed by atoms with Gasteiger partial charge in [0, 0.05) is 32.7 Å². The van der Waals surface area contributed by atoms with Gasteiger partial charge in [-0.05, 0) is 54.6 Å². The molecule has 2 aromatic carbocycles. The Morgan fingerprint density at radius 2 is 1.95 bits per heavy atom. The molecule has 1 heterocycles. The van der Waals surface area contributed by atoms with Crippen molar-refractivity contribution in [2.75, 3.05) is 7.11 Å². The molecule has 1 aromatic heterocycles. The van der Waals surface area contributed by atoms with Crippen molar-refractivity contribution in [2.24, 2.45) is 0 Å². The van der Waals surface area contributed by atoms with Gasteiger partial charge in [-0.2, -0.15) is 0 Å². The van der Waals surface area contributed by atoms with Gasteiger partial charge in [0.1, 0.15) is 5.75 Å². The predicted octanol–water partition coefficient (Wildman–Crippen LogP) is 4.84. The summed E-state index contributed by atoms with van der Waals surface area (Å²) in [6.07, 6.45) is 5.30. The number of ether oxygens (including phenoxy) is 1. The zero-order valence-electron chi connectivity index (χ0n) is 12.0. The van der Waals surface area contributed by atoms with Crippen LogP contribution in [0.4, 0.5) is 0 Å². The highest BCUT2D eigenvalue weighted by Crippen LogP contribution is 2.24. The Labute approximate surface area is 136 Å². The van der Waals surface area contributed by atoms with Crippen molar-refractivity contribution in [3.8, 4) is 5.75 Å². The van der Waals surface area contributed by atoms with Gasteiger partial charge in [0.15, 0.2) is 5.78 Å². The van der Waals surface area contributed by atoms with Crippen molar-refractivity contribution in [1.29, 1.82) is 0 Å². The number of rotatable bonds is 4. The molecule has 0 spiro atoms. The number of allylic oxidation sites excluding steroid dienone is 1. The van der Waals surface area contributed by atoms with E-state index in [0.29, 0.717) is 5.56 Å². The first-order chi connectivity index (χ1) is 10.7. The number of carbonyl (C=O) groups excluding carboxylic acids is 1. The van der Waals surface area contributed by atoms with E-state index in [-0.39, 0.29) is 5.78 Å². The molecule has 0 unspecified atom stereocenters. The molecule has 0 aliphatic heterocycles. The molecule has 0 bridgehead atoms. The highest BCUT2D eigenvalue weighted by atomic mass is 79.9. The number of halogens is 1. The molecule has 1 N–H and O–H groups in total. The van der Waals surface area contributed by atoms with Crippen LogP contribution in [0.2, 0.25) is 0 Å². The average molecular weight is 356 g/mol. The Morgan fingerprint density at radius 3 is 2.68 bits per heavy atom. The summed E-state index contributed by atoms with van der Waals surface area (Å²) in [6.45, 7) is 0. The molecule has 0 aliphatic rings. The summed E-state index contributed by atoms with van der Waals surface area (Å²) in [4.78, 5) is 15.4. The van der Waals surface area contributed by atoms with E-state index in [4.69, 9.17) is 4.74 Å². The van der Waals surface area contributed by atoms with Crippen LogP contribution in [0.1, 0.15) is 15.9 Å². The summed E-state index contributed by atoms with van der Waals surface area (Å²) >= 11 is 3.36. The fourth-order valence-corrected chi connectivity index (χ4v) is 2.53. The lowest BCUT2D eigenvalue weighted by Gasteiger charge is -1.99. The first-order valence-corrected chi connectivity index (χ1v) is 7.60. The Bertz CT molecular complexity index is 847. The second kappa shape index (κ2) is 6.20. The smallest absolute Gasteiger partial charge is 0.185 e. The first-order valence-electron chi connectivity index (χ1n) is 6.80. The molecule has 0 radical (unpaired) electrons. The van der Waals surface area contributed by atoms with E-state index < -0.39 is 0 Å². The van der Waals surface area contributed by atoms with Gasteiger partial charge in [-0.15, -0.1) is 0 Å². The Kier molecular flexibility index (Phi) is 4.11. The molecule has 3 aromatic rings. The van der Waals surface area contributed by atoms with Crippen LogP contribution in [-0.2, 0) is 0 Å². The van der Waals surface area contributed by atoms with E-state index in [0.717, 1.165) is 26.7 Å². The highest BCUT2D eigenvalue weighted by Gasteiger charge is 2.05. The van der Waals surface area contributed by atoms with Crippen molar-refractivity contribution in [1.82, 2.24) is 4.98 Å². The highest BCUT2D eigenvalue weighted by molar-refractivity contribution is 9.10. The molecule has 110 valence electrons. The van der Waals surface area contributed by atoms with Crippen LogP contribution in [0.25, 0.3) is 17.0 Å². The molecule has 4 heteroatoms. The largest absolute Gasteiger partial charge is 0.497 e. The number of methoxy groups -OCH3 is 1. The Hall–Kier alpha value is -2.33. The number of hydrogen-bond acceptors (Lipinski definition) is 2. The summed E-state index contributed by atoms with van der Waals surface area (Å²) in [5, 5.41) is 1.03. The molecule has 0 saturated carbocycles. The molecule has 3 nitrogen and oxygen atoms in total. The first kappa shape index (κ1) is 14.6. The minimum Gasteiger partial charge on any atom is -0.497 e. The van der Waals surface area contributed by atoms with Gasteiger partial charge in [0.05, 0.1) is 7.11 Å². The van der Waals surface area contributed by atoms with E-state index in [9.17, 15) is 4.79 Å². The minimum absolute atomic E-state index is 0.0234. The summed E-state index contributed by atoms with van der Waals surface area (Å²) in [7, 11) is 1.64. The van der Waals surface area contributed by atoms with Crippen LogP contribution in [0, 0.1) is 0 Å². The molecule has 0 aliphatic carbocycles. The lowest BCUT2D eigenvalue weighted by atomic mass is 10.1. The van der Waals surface area contributed by atoms with Crippen LogP contribution >= 0.6 is 15.9 Å². The van der Waals surface area contributed by atoms with Gasteiger partial charge in [0.2, 0.25) is 0 Å². The number of aromatic amines is 1. The third-order valence-corrected chi connectivity index (χ3v) is 3.99. The second-order valence-electron chi connectivity index (χ2n) is 4.86. The van der Waals surface area contributed by atoms with E-state index in [1.807, 2.05) is 42.6 Å². The van der Waals surface area contributed by atoms with E-state index in [2.05, 4.69) is 20.9 Å². The van der Waals surface area contributed by atoms with Gasteiger partial charge in [0.25, 0.3) is 0 Å². The van der Waals surface area contributed by atoms with Gasteiger partial charge in [-0.1, -0.05) is 15.9 Å². The van der Waals surface area contributed by atoms with Gasteiger partial charge < -0.3 is 9.72 Å². The van der Waals surface area contributed by atoms with Crippen molar-refractivity contribution < 1.29 is 9.53 Å². The summed E-state index contributed by atoms with van der Waals surface area (Å²) in [5.41, 5.74) is 2.63. The fourth-order valence-electron chi connectivity index (χ4n) is 2.26. The molecule has 22 heavy (non-hydrogen) atoms. The van der Waals surface area contributed by atoms with Crippen LogP contribution in [0.15, 0.2) is 59.2 Å². The standard InChI is InChI=1S/C18H14BrNO2/c1-22-15-7-8-17-16(10-15)13(11-20-17)4-9-18(21)12-2-5-14(19)6-3-12/h2-11,20H,1H3/b9-4+. The molecular weight excluding hydrogens is 342 g/mol. The van der Waals surface area contributed by atoms with Gasteiger partial charge in [-0.3, -0.25) is 4.79 Å². The second-order valence-corrected chi connectivity index (χ2v) is 5.78. The summed E-state index contributed by atoms with van der Waals surface area (Å²) in [5.74, 6) is 0.769. The molecule has 0 atom stereocenters. The SMILES string of the molecule is COc1ccc2[nH]cc(/C=C/C(=O)c3ccc(Br)cc3)c2c1. The van der Waals surface area contributed by atoms with E-state index in [1.54, 1.807) is 25.3 Å². The van der Waals surface area contributed by atoms with Gasteiger partial charge >= 0.3 is 0 Å². The topological polar surface area (TPSA) is 42.1 Å². The predicted molar refractivity (Wildman–Crippen MR) is 92.4 cm³/mol. The molecule has 0 fully saturated rings. The maximum Gasteiger partial charge on any atom is 0.185 e. The molecule has 3 rings (SSSR count). The number of carbonyl (C=O) groups is 1. The lowest BCUT2D eigenvalue weighted by Crippen LogP contribution is -1.92. The number of nitrogens with one attached hydrogen (secondary N) is 1. The monoisotopic (exact) mass is 355 g/mol. The van der Waals surface area contributed by atoms with Gasteiger partial charge in [-0.25, -0.2) is 0 Å². The van der Waals surface area contributed by atoms with Crippen LogP contribution < -0.4 is 4.74 Å². The molecule has 0 saturated heterocycles. The zero-order valence-corrected chi connectivity index (χ0v) is 13.6. The summed E-state index contributed by atoms with van der Waals surface area (Å²) < 4.78 is 6.20. The van der Waals surface area contributed by atoms with E-state index in [1.165, 1.54) is 0 Å². The fraction of sp³-hybridized carbons (Fsp3) is 0.0556. The maximum absolute atomic E-state index is 12.2. The molecular formula is C18H14BrNO2. The Morgan fingerprint density at radius 1 is 1.18 bits per heavy atom. The number of fused-ring (bicyclic) bond motifs is 1. The quantitative estimate of drug-likeness (QED) is 0.537. The number of hydrogen-bond donors (Lipinski definition) is 1. The zero-order chi connectivity index (χ0) is 15.5. The third kappa shape index (κ3) is 2.97. The average Bonchev–Trinajstić information content (AvgIpc) is 2.95. The Balaban J connectivity index is 1.88. The normalized spacial score (nSPS) is 11.2. The van der Waals surface area contributed by atoms with Crippen LogP contribution in [0.5, 0.6) is 5.75 Å². The van der Waals surface area contributed by atoms with Crippen molar-refractivity contribution in [3.05, 3.63) is 70.3 Å². The van der Waals surface area contributed by atoms with Crippen molar-refractivity contribution >= 4 is 38.7 Å². The number of aromatic nitrogens is 1. The minimum atomic E-state index is -0.0234. The lowest BCUT2D eigenvalue weighted by molar-refractivity contribution is 0.104. The maximum atomic E-state index is 12.2. The van der Waals surface area contributed by atoms with Crippen LogP contribution in [0.3, 0.4) is 0 Å². The molecule has 0 amide bonds. The van der Waals surface area contributed by atoms with Crippen molar-refractivity contribution in [2.45, 2.75) is 0 Å². The number of benzene rings is 2. The van der Waals surface area contributed by atoms with E-state index >= 15 is 0 Å². The third-order valence-electron chi connectivity index (χ3n) is 3.46. The van der Waals surface area contributed by atoms with Crippen LogP contribution in [-0.4, -0.2) is 17.9 Å². The number of ketones is 1. The number of H-pyrrole nitrogens is 1. The van der Waals surface area contributed by atoms with Crippen molar-refractivity contribution in [3.63, 3.8) is 0 Å². The summed E-state index contributed by atoms with van der Waals surface area (Å²) in [6, 6.07) is 13.1.